The first kappa shape index (κ1) is 14.4. The van der Waals surface area contributed by atoms with Gasteiger partial charge in [0, 0.05) is 0 Å². The molecule has 8 nitrogen and oxygen atoms in total. The average Bonchev–Trinajstić information content (AvgIpc) is 2.93. The van der Waals surface area contributed by atoms with Gasteiger partial charge in [0.2, 0.25) is 0 Å². The summed E-state index contributed by atoms with van der Waals surface area (Å²) in [6.45, 7) is -0.146. The molecule has 3 heterocycles. The SMILES string of the molecule is N[C@@H]1NC(Cl)=N[C@H]2[C@@H]1NCN2[C@H]1OC(CO)[C@H](O)C1[18F]. The number of aliphatic hydroxyl groups is 2. The van der Waals surface area contributed by atoms with Crippen molar-refractivity contribution in [2.45, 2.75) is 43.0 Å². The fraction of sp³-hybridized carbons (Fsp3) is 0.900. The fourth-order valence-electron chi connectivity index (χ4n) is 2.82. The van der Waals surface area contributed by atoms with Crippen LogP contribution in [0.1, 0.15) is 0 Å². The monoisotopic (exact) mass is 308 g/mol. The number of aliphatic hydroxyl groups excluding tert-OH is 2. The third kappa shape index (κ3) is 2.19. The highest BCUT2D eigenvalue weighted by Crippen LogP contribution is 2.31. The molecule has 2 fully saturated rings. The summed E-state index contributed by atoms with van der Waals surface area (Å²) in [5.74, 6) is 0. The molecule has 0 radical (unpaired) electrons. The number of nitrogens with zero attached hydrogens (tertiary/aromatic N) is 2. The molecule has 2 saturated heterocycles. The number of hydrogen-bond acceptors (Lipinski definition) is 8. The number of aliphatic imine (C=N–C) groups is 1. The van der Waals surface area contributed by atoms with E-state index in [0.29, 0.717) is 6.67 Å². The van der Waals surface area contributed by atoms with E-state index in [1.54, 1.807) is 4.90 Å². The van der Waals surface area contributed by atoms with Gasteiger partial charge in [-0.3, -0.25) is 5.32 Å². The van der Waals surface area contributed by atoms with Crippen molar-refractivity contribution in [1.29, 1.82) is 0 Å². The molecule has 20 heavy (non-hydrogen) atoms. The van der Waals surface area contributed by atoms with E-state index in [1.807, 2.05) is 0 Å². The number of ether oxygens (including phenoxy) is 1. The second kappa shape index (κ2) is 5.34. The van der Waals surface area contributed by atoms with Crippen molar-refractivity contribution in [3.8, 4) is 0 Å². The van der Waals surface area contributed by atoms with Crippen molar-refractivity contribution in [1.82, 2.24) is 15.5 Å². The molecule has 2 unspecified atom stereocenters. The van der Waals surface area contributed by atoms with Gasteiger partial charge in [-0.15, -0.1) is 0 Å². The minimum atomic E-state index is -1.63. The molecule has 0 aromatic rings. The van der Waals surface area contributed by atoms with E-state index in [0.717, 1.165) is 0 Å². The highest BCUT2D eigenvalue weighted by molar-refractivity contribution is 6.64. The number of hydrogen-bond donors (Lipinski definition) is 5. The number of amidine groups is 1. The molecular weight excluding hydrogens is 292 g/mol. The average molecular weight is 309 g/mol. The molecule has 114 valence electrons. The minimum Gasteiger partial charge on any atom is -0.394 e. The second-order valence-electron chi connectivity index (χ2n) is 5.09. The summed E-state index contributed by atoms with van der Waals surface area (Å²) in [5, 5.41) is 24.8. The molecule has 7 atom stereocenters. The highest BCUT2D eigenvalue weighted by atomic mass is 35.5. The Morgan fingerprint density at radius 1 is 1.60 bits per heavy atom. The third-order valence-electron chi connectivity index (χ3n) is 3.89. The van der Waals surface area contributed by atoms with Crippen LogP contribution in [0.25, 0.3) is 0 Å². The molecule has 3 rings (SSSR count). The van der Waals surface area contributed by atoms with E-state index in [2.05, 4.69) is 15.6 Å². The van der Waals surface area contributed by atoms with Crippen molar-refractivity contribution in [3.63, 3.8) is 0 Å². The maximum absolute atomic E-state index is 14.1. The Hall–Kier alpha value is -0.550. The fourth-order valence-corrected chi connectivity index (χ4v) is 3.05. The van der Waals surface area contributed by atoms with Crippen LogP contribution in [-0.4, -0.2) is 76.7 Å². The van der Waals surface area contributed by atoms with Crippen LogP contribution >= 0.6 is 11.6 Å². The second-order valence-corrected chi connectivity index (χ2v) is 5.45. The summed E-state index contributed by atoms with van der Waals surface area (Å²) in [6, 6.07) is -0.237. The van der Waals surface area contributed by atoms with Crippen molar-refractivity contribution in [2.24, 2.45) is 10.7 Å². The normalized spacial score (nSPS) is 48.9. The zero-order valence-corrected chi connectivity index (χ0v) is 11.2. The minimum absolute atomic E-state index is 0.153. The van der Waals surface area contributed by atoms with Gasteiger partial charge in [0.25, 0.3) is 0 Å². The molecule has 3 aliphatic heterocycles. The molecule has 6 N–H and O–H groups in total. The Kier molecular flexibility index (Phi) is 3.84. The van der Waals surface area contributed by atoms with Gasteiger partial charge in [-0.05, 0) is 11.6 Å². The van der Waals surface area contributed by atoms with Gasteiger partial charge in [-0.25, -0.2) is 14.3 Å². The predicted molar refractivity (Wildman–Crippen MR) is 68.5 cm³/mol. The molecule has 0 bridgehead atoms. The smallest absolute Gasteiger partial charge is 0.194 e. The van der Waals surface area contributed by atoms with E-state index in [9.17, 15) is 9.50 Å². The molecule has 3 aliphatic rings. The van der Waals surface area contributed by atoms with Gasteiger partial charge < -0.3 is 26.0 Å². The van der Waals surface area contributed by atoms with E-state index >= 15 is 0 Å². The summed E-state index contributed by atoms with van der Waals surface area (Å²) in [6.07, 6.45) is -5.86. The lowest BCUT2D eigenvalue weighted by atomic mass is 10.1. The molecule has 0 spiro atoms. The summed E-state index contributed by atoms with van der Waals surface area (Å²) >= 11 is 5.85. The predicted octanol–water partition coefficient (Wildman–Crippen LogP) is -2.56. The largest absolute Gasteiger partial charge is 0.394 e. The third-order valence-corrected chi connectivity index (χ3v) is 4.10. The van der Waals surface area contributed by atoms with Crippen LogP contribution in [0.15, 0.2) is 4.99 Å². The van der Waals surface area contributed by atoms with Crippen molar-refractivity contribution >= 4 is 16.9 Å². The van der Waals surface area contributed by atoms with Gasteiger partial charge in [0.15, 0.2) is 11.5 Å². The van der Waals surface area contributed by atoms with E-state index in [-0.39, 0.29) is 11.3 Å². The first-order valence-electron chi connectivity index (χ1n) is 6.36. The number of alkyl halides is 1. The lowest BCUT2D eigenvalue weighted by molar-refractivity contribution is -0.0927. The number of fused-ring (bicyclic) bond motifs is 1. The molecular formula is C10H17ClFN5O3. The van der Waals surface area contributed by atoms with Crippen LogP contribution in [0.2, 0.25) is 0 Å². The summed E-state index contributed by atoms with van der Waals surface area (Å²) in [5.41, 5.74) is 5.90. The van der Waals surface area contributed by atoms with E-state index < -0.39 is 43.5 Å². The van der Waals surface area contributed by atoms with Gasteiger partial charge >= 0.3 is 0 Å². The van der Waals surface area contributed by atoms with Gasteiger partial charge in [-0.1, -0.05) is 0 Å². The molecule has 0 aromatic heterocycles. The number of rotatable bonds is 2. The first-order valence-corrected chi connectivity index (χ1v) is 6.73. The molecule has 0 saturated carbocycles. The number of nitrogens with one attached hydrogen (secondary N) is 2. The molecule has 0 aromatic carbocycles. The Labute approximate surface area is 119 Å². The topological polar surface area (TPSA) is 115 Å². The Bertz CT molecular complexity index is 416. The molecule has 0 amide bonds. The Morgan fingerprint density at radius 3 is 3.00 bits per heavy atom. The van der Waals surface area contributed by atoms with Crippen LogP contribution in [-0.2, 0) is 4.74 Å². The Morgan fingerprint density at radius 2 is 2.35 bits per heavy atom. The van der Waals surface area contributed by atoms with Crippen LogP contribution in [0, 0.1) is 0 Å². The summed E-state index contributed by atoms with van der Waals surface area (Å²) in [7, 11) is 0. The molecule has 10 heteroatoms. The van der Waals surface area contributed by atoms with E-state index in [4.69, 9.17) is 27.2 Å². The van der Waals surface area contributed by atoms with Crippen molar-refractivity contribution in [2.75, 3.05) is 13.3 Å². The van der Waals surface area contributed by atoms with Crippen LogP contribution < -0.4 is 16.4 Å². The summed E-state index contributed by atoms with van der Waals surface area (Å²) in [4.78, 5) is 5.80. The van der Waals surface area contributed by atoms with Crippen LogP contribution in [0.3, 0.4) is 0 Å². The number of halogens is 2. The van der Waals surface area contributed by atoms with Crippen LogP contribution in [0.4, 0.5) is 4.39 Å². The van der Waals surface area contributed by atoms with Crippen molar-refractivity contribution in [3.05, 3.63) is 0 Å². The van der Waals surface area contributed by atoms with Gasteiger partial charge in [0.1, 0.15) is 24.6 Å². The van der Waals surface area contributed by atoms with Crippen LogP contribution in [0.5, 0.6) is 0 Å². The maximum atomic E-state index is 14.1. The van der Waals surface area contributed by atoms with Gasteiger partial charge in [0.05, 0.1) is 25.5 Å². The maximum Gasteiger partial charge on any atom is 0.194 e. The number of nitrogens with two attached hydrogens (primary N) is 1. The molecule has 0 aliphatic carbocycles. The first-order chi connectivity index (χ1) is 9.52. The Balaban J connectivity index is 1.80. The highest BCUT2D eigenvalue weighted by Gasteiger charge is 2.52. The lowest BCUT2D eigenvalue weighted by Crippen LogP contribution is -2.60. The zero-order valence-electron chi connectivity index (χ0n) is 10.5. The van der Waals surface area contributed by atoms with Crippen molar-refractivity contribution < 1.29 is 19.3 Å². The standard InChI is InChI=1S/C10H17ClFN5O3/c11-10-15-7(13)5-8(16-10)17(2-14-5)9-4(12)6(19)3(1-18)20-9/h3-9,14,18-19H,1-2,13H2,(H,15,16)/t3?,4?,5-,6+,7-,8-,9+/m1/s1/i12-1. The zero-order chi connectivity index (χ0) is 14.4. The van der Waals surface area contributed by atoms with Gasteiger partial charge in [-0.2, -0.15) is 0 Å². The lowest BCUT2D eigenvalue weighted by Gasteiger charge is -2.34. The van der Waals surface area contributed by atoms with E-state index in [1.165, 1.54) is 0 Å². The summed E-state index contributed by atoms with van der Waals surface area (Å²) < 4.78 is 19.5. The quantitative estimate of drug-likeness (QED) is 0.357.